The molecule has 1 aliphatic carbocycles. The molecule has 126 valence electrons. The molecule has 1 aliphatic heterocycles. The van der Waals surface area contributed by atoms with Crippen LogP contribution in [-0.4, -0.2) is 28.5 Å². The molecule has 4 unspecified atom stereocenters. The Morgan fingerprint density at radius 2 is 2.08 bits per heavy atom. The van der Waals surface area contributed by atoms with E-state index in [1.807, 2.05) is 23.1 Å². The van der Waals surface area contributed by atoms with E-state index in [-0.39, 0.29) is 17.9 Å². The predicted molar refractivity (Wildman–Crippen MR) is 90.3 cm³/mol. The summed E-state index contributed by atoms with van der Waals surface area (Å²) in [6, 6.07) is 14.0. The number of nitrogens with zero attached hydrogens (tertiary/aromatic N) is 1. The Kier molecular flexibility index (Phi) is 4.15. The van der Waals surface area contributed by atoms with Crippen LogP contribution in [0, 0.1) is 5.92 Å². The van der Waals surface area contributed by atoms with E-state index in [1.165, 1.54) is 5.56 Å². The van der Waals surface area contributed by atoms with Gasteiger partial charge in [0.2, 0.25) is 5.91 Å². The standard InChI is InChI=1S/C20H23NO3/c22-18(19-9-5-11-24-19)12-15-8-4-10-21(15)20(23)17-13-16(17)14-6-2-1-3-7-14/h1-3,5-7,9,11,15-18,22H,4,8,10,12-13H2. The number of amides is 1. The molecule has 1 aromatic heterocycles. The van der Waals surface area contributed by atoms with Gasteiger partial charge in [0.15, 0.2) is 0 Å². The molecular formula is C20H23NO3. The first kappa shape index (κ1) is 15.5. The smallest absolute Gasteiger partial charge is 0.226 e. The molecule has 1 saturated carbocycles. The van der Waals surface area contributed by atoms with Gasteiger partial charge in [-0.2, -0.15) is 0 Å². The molecule has 4 heteroatoms. The lowest BCUT2D eigenvalue weighted by atomic mass is 10.0. The number of carbonyl (C=O) groups excluding carboxylic acids is 1. The highest BCUT2D eigenvalue weighted by molar-refractivity contribution is 5.83. The van der Waals surface area contributed by atoms with Gasteiger partial charge in [0.05, 0.1) is 6.26 Å². The molecule has 1 N–H and O–H groups in total. The molecule has 0 bridgehead atoms. The summed E-state index contributed by atoms with van der Waals surface area (Å²) in [6.45, 7) is 0.812. The lowest BCUT2D eigenvalue weighted by Crippen LogP contribution is -2.37. The maximum Gasteiger partial charge on any atom is 0.226 e. The van der Waals surface area contributed by atoms with E-state index >= 15 is 0 Å². The van der Waals surface area contributed by atoms with E-state index in [0.717, 1.165) is 25.8 Å². The van der Waals surface area contributed by atoms with Gasteiger partial charge in [-0.25, -0.2) is 0 Å². The highest BCUT2D eigenvalue weighted by Crippen LogP contribution is 2.49. The lowest BCUT2D eigenvalue weighted by molar-refractivity contribution is -0.134. The molecule has 0 radical (unpaired) electrons. The van der Waals surface area contributed by atoms with Crippen LogP contribution in [0.25, 0.3) is 0 Å². The van der Waals surface area contributed by atoms with Crippen molar-refractivity contribution in [2.45, 2.75) is 43.7 Å². The molecule has 2 fully saturated rings. The molecule has 0 spiro atoms. The third-order valence-corrected chi connectivity index (χ3v) is 5.36. The van der Waals surface area contributed by atoms with Crippen LogP contribution in [0.4, 0.5) is 0 Å². The summed E-state index contributed by atoms with van der Waals surface area (Å²) in [7, 11) is 0. The molecule has 2 aliphatic rings. The zero-order valence-electron chi connectivity index (χ0n) is 13.7. The second-order valence-electron chi connectivity index (χ2n) is 6.95. The second-order valence-corrected chi connectivity index (χ2v) is 6.95. The molecule has 4 rings (SSSR count). The van der Waals surface area contributed by atoms with Crippen molar-refractivity contribution >= 4 is 5.91 Å². The fraction of sp³-hybridized carbons (Fsp3) is 0.450. The fourth-order valence-electron chi connectivity index (χ4n) is 3.98. The first-order chi connectivity index (χ1) is 11.7. The summed E-state index contributed by atoms with van der Waals surface area (Å²) in [5, 5.41) is 10.3. The predicted octanol–water partition coefficient (Wildman–Crippen LogP) is 3.50. The molecule has 24 heavy (non-hydrogen) atoms. The van der Waals surface area contributed by atoms with Crippen molar-refractivity contribution in [2.24, 2.45) is 5.92 Å². The molecule has 4 nitrogen and oxygen atoms in total. The lowest BCUT2D eigenvalue weighted by Gasteiger charge is -2.26. The Morgan fingerprint density at radius 3 is 2.83 bits per heavy atom. The van der Waals surface area contributed by atoms with Gasteiger partial charge in [0.1, 0.15) is 11.9 Å². The third-order valence-electron chi connectivity index (χ3n) is 5.36. The van der Waals surface area contributed by atoms with Gasteiger partial charge in [-0.05, 0) is 42.9 Å². The number of aliphatic hydroxyl groups excluding tert-OH is 1. The van der Waals surface area contributed by atoms with E-state index in [4.69, 9.17) is 4.42 Å². The maximum absolute atomic E-state index is 12.9. The van der Waals surface area contributed by atoms with Crippen LogP contribution < -0.4 is 0 Å². The number of aliphatic hydroxyl groups is 1. The van der Waals surface area contributed by atoms with Crippen LogP contribution in [0.3, 0.4) is 0 Å². The SMILES string of the molecule is O=C(C1CC1c1ccccc1)N1CCCC1CC(O)c1ccco1. The van der Waals surface area contributed by atoms with E-state index in [2.05, 4.69) is 12.1 Å². The summed E-state index contributed by atoms with van der Waals surface area (Å²) in [6.07, 6.45) is 4.43. The monoisotopic (exact) mass is 325 g/mol. The Morgan fingerprint density at radius 1 is 1.25 bits per heavy atom. The molecular weight excluding hydrogens is 302 g/mol. The van der Waals surface area contributed by atoms with Crippen LogP contribution in [0.15, 0.2) is 53.1 Å². The van der Waals surface area contributed by atoms with Gasteiger partial charge in [-0.1, -0.05) is 30.3 Å². The number of furan rings is 1. The highest BCUT2D eigenvalue weighted by Gasteiger charge is 2.47. The average Bonchev–Trinajstić information content (AvgIpc) is 2.99. The molecule has 4 atom stereocenters. The van der Waals surface area contributed by atoms with Crippen molar-refractivity contribution in [3.8, 4) is 0 Å². The fourth-order valence-corrected chi connectivity index (χ4v) is 3.98. The van der Waals surface area contributed by atoms with E-state index in [0.29, 0.717) is 18.1 Å². The van der Waals surface area contributed by atoms with Gasteiger partial charge in [0, 0.05) is 24.9 Å². The minimum absolute atomic E-state index is 0.119. The zero-order valence-corrected chi connectivity index (χ0v) is 13.7. The topological polar surface area (TPSA) is 53.7 Å². The van der Waals surface area contributed by atoms with Gasteiger partial charge in [-0.3, -0.25) is 4.79 Å². The summed E-state index contributed by atoms with van der Waals surface area (Å²) in [5.74, 6) is 1.34. The van der Waals surface area contributed by atoms with E-state index in [9.17, 15) is 9.90 Å². The quantitative estimate of drug-likeness (QED) is 0.915. The Bertz CT molecular complexity index is 682. The second kappa shape index (κ2) is 6.44. The summed E-state index contributed by atoms with van der Waals surface area (Å²) in [5.41, 5.74) is 1.27. The maximum atomic E-state index is 12.9. The van der Waals surface area contributed by atoms with Crippen LogP contribution in [0.2, 0.25) is 0 Å². The Hall–Kier alpha value is -2.07. The van der Waals surface area contributed by atoms with Crippen molar-refractivity contribution in [2.75, 3.05) is 6.54 Å². The minimum atomic E-state index is -0.637. The van der Waals surface area contributed by atoms with Crippen molar-refractivity contribution in [3.05, 3.63) is 60.1 Å². The van der Waals surface area contributed by atoms with Crippen molar-refractivity contribution in [1.82, 2.24) is 4.90 Å². The average molecular weight is 325 g/mol. The molecule has 2 aromatic rings. The van der Waals surface area contributed by atoms with Gasteiger partial charge in [0.25, 0.3) is 0 Å². The van der Waals surface area contributed by atoms with Gasteiger partial charge >= 0.3 is 0 Å². The van der Waals surface area contributed by atoms with Crippen LogP contribution in [-0.2, 0) is 4.79 Å². The van der Waals surface area contributed by atoms with E-state index < -0.39 is 6.10 Å². The summed E-state index contributed by atoms with van der Waals surface area (Å²) >= 11 is 0. The van der Waals surface area contributed by atoms with Crippen molar-refractivity contribution < 1.29 is 14.3 Å². The van der Waals surface area contributed by atoms with Crippen molar-refractivity contribution in [1.29, 1.82) is 0 Å². The Balaban J connectivity index is 1.39. The Labute approximate surface area is 142 Å². The summed E-state index contributed by atoms with van der Waals surface area (Å²) < 4.78 is 5.28. The van der Waals surface area contributed by atoms with E-state index in [1.54, 1.807) is 18.4 Å². The number of likely N-dealkylation sites (tertiary alicyclic amines) is 1. The molecule has 1 amide bonds. The first-order valence-corrected chi connectivity index (χ1v) is 8.81. The third kappa shape index (κ3) is 2.98. The van der Waals surface area contributed by atoms with Crippen LogP contribution in [0.1, 0.15) is 49.0 Å². The summed E-state index contributed by atoms with van der Waals surface area (Å²) in [4.78, 5) is 14.9. The molecule has 1 aromatic carbocycles. The molecule has 1 saturated heterocycles. The number of benzene rings is 1. The number of hydrogen-bond acceptors (Lipinski definition) is 3. The first-order valence-electron chi connectivity index (χ1n) is 8.81. The van der Waals surface area contributed by atoms with Crippen LogP contribution >= 0.6 is 0 Å². The number of hydrogen-bond donors (Lipinski definition) is 1. The van der Waals surface area contributed by atoms with Crippen molar-refractivity contribution in [3.63, 3.8) is 0 Å². The minimum Gasteiger partial charge on any atom is -0.467 e. The van der Waals surface area contributed by atoms with Crippen LogP contribution in [0.5, 0.6) is 0 Å². The van der Waals surface area contributed by atoms with Gasteiger partial charge in [-0.15, -0.1) is 0 Å². The molecule has 2 heterocycles. The highest BCUT2D eigenvalue weighted by atomic mass is 16.4. The number of carbonyl (C=O) groups is 1. The normalized spacial score (nSPS) is 27.2. The van der Waals surface area contributed by atoms with Gasteiger partial charge < -0.3 is 14.4 Å². The number of rotatable bonds is 5. The largest absolute Gasteiger partial charge is 0.467 e. The zero-order chi connectivity index (χ0) is 16.5.